The number of hydrogen-bond acceptors (Lipinski definition) is 2. The number of rotatable bonds is 3. The lowest BCUT2D eigenvalue weighted by Gasteiger charge is -2.27. The van der Waals surface area contributed by atoms with Gasteiger partial charge in [0.15, 0.2) is 0 Å². The Labute approximate surface area is 114 Å². The highest BCUT2D eigenvalue weighted by Gasteiger charge is 2.39. The minimum absolute atomic E-state index is 0.104. The molecule has 1 fully saturated rings. The molecular formula is C14H15F2NO3. The molecule has 0 unspecified atom stereocenters. The van der Waals surface area contributed by atoms with Gasteiger partial charge in [0.25, 0.3) is 0 Å². The topological polar surface area (TPSA) is 66.4 Å². The summed E-state index contributed by atoms with van der Waals surface area (Å²) in [6.45, 7) is 0. The predicted octanol–water partition coefficient (Wildman–Crippen LogP) is 3.15. The first-order valence-electron chi connectivity index (χ1n) is 6.39. The summed E-state index contributed by atoms with van der Waals surface area (Å²) in [5, 5.41) is 11.3. The Bertz CT molecular complexity index is 514. The van der Waals surface area contributed by atoms with Crippen LogP contribution in [-0.2, 0) is 4.79 Å². The SMILES string of the molecule is O=C(O)c1ccc(NC(=O)[C@H]2CCCC(F)(F)C2)cc1. The van der Waals surface area contributed by atoms with Crippen molar-refractivity contribution in [1.29, 1.82) is 0 Å². The van der Waals surface area contributed by atoms with E-state index in [1.807, 2.05) is 0 Å². The zero-order valence-electron chi connectivity index (χ0n) is 10.7. The smallest absolute Gasteiger partial charge is 0.335 e. The number of carbonyl (C=O) groups excluding carboxylic acids is 1. The highest BCUT2D eigenvalue weighted by Crippen LogP contribution is 2.37. The fourth-order valence-electron chi connectivity index (χ4n) is 2.34. The van der Waals surface area contributed by atoms with Crippen LogP contribution in [0.25, 0.3) is 0 Å². The van der Waals surface area contributed by atoms with E-state index in [9.17, 15) is 18.4 Å². The molecule has 1 aromatic carbocycles. The molecule has 108 valence electrons. The number of nitrogens with one attached hydrogen (secondary N) is 1. The summed E-state index contributed by atoms with van der Waals surface area (Å²) in [4.78, 5) is 22.6. The lowest BCUT2D eigenvalue weighted by Crippen LogP contribution is -2.33. The van der Waals surface area contributed by atoms with Crippen LogP contribution < -0.4 is 5.32 Å². The van der Waals surface area contributed by atoms with Gasteiger partial charge in [-0.05, 0) is 37.1 Å². The maximum absolute atomic E-state index is 13.3. The monoisotopic (exact) mass is 283 g/mol. The lowest BCUT2D eigenvalue weighted by atomic mass is 9.86. The molecule has 0 heterocycles. The second-order valence-corrected chi connectivity index (χ2v) is 5.02. The Kier molecular flexibility index (Phi) is 4.01. The van der Waals surface area contributed by atoms with Crippen molar-refractivity contribution in [2.45, 2.75) is 31.6 Å². The van der Waals surface area contributed by atoms with E-state index < -0.39 is 30.1 Å². The molecule has 1 saturated carbocycles. The molecule has 1 aromatic rings. The van der Waals surface area contributed by atoms with Gasteiger partial charge in [-0.25, -0.2) is 13.6 Å². The molecule has 0 spiro atoms. The Morgan fingerprint density at radius 1 is 1.25 bits per heavy atom. The summed E-state index contributed by atoms with van der Waals surface area (Å²) < 4.78 is 26.5. The Morgan fingerprint density at radius 2 is 1.90 bits per heavy atom. The third-order valence-electron chi connectivity index (χ3n) is 3.41. The normalized spacial score (nSPS) is 21.2. The fraction of sp³-hybridized carbons (Fsp3) is 0.429. The minimum Gasteiger partial charge on any atom is -0.478 e. The number of aromatic carboxylic acids is 1. The molecule has 2 rings (SSSR count). The standard InChI is InChI=1S/C14H15F2NO3/c15-14(16)7-1-2-10(8-14)12(18)17-11-5-3-9(4-6-11)13(19)20/h3-6,10H,1-2,7-8H2,(H,17,18)(H,19,20)/t10-/m0/s1. The number of carboxylic acid groups (broad SMARTS) is 1. The van der Waals surface area contributed by atoms with E-state index in [1.165, 1.54) is 24.3 Å². The molecule has 1 atom stereocenters. The van der Waals surface area contributed by atoms with Crippen molar-refractivity contribution in [1.82, 2.24) is 0 Å². The van der Waals surface area contributed by atoms with Gasteiger partial charge in [0.05, 0.1) is 5.56 Å². The highest BCUT2D eigenvalue weighted by molar-refractivity contribution is 5.93. The molecule has 2 N–H and O–H groups in total. The van der Waals surface area contributed by atoms with Gasteiger partial charge in [0.2, 0.25) is 11.8 Å². The Morgan fingerprint density at radius 3 is 2.45 bits per heavy atom. The molecular weight excluding hydrogens is 268 g/mol. The maximum atomic E-state index is 13.3. The van der Waals surface area contributed by atoms with Crippen molar-refractivity contribution in [2.75, 3.05) is 5.32 Å². The molecule has 1 amide bonds. The Balaban J connectivity index is 1.99. The van der Waals surface area contributed by atoms with E-state index in [4.69, 9.17) is 5.11 Å². The average Bonchev–Trinajstić information content (AvgIpc) is 2.38. The predicted molar refractivity (Wildman–Crippen MR) is 68.9 cm³/mol. The summed E-state index contributed by atoms with van der Waals surface area (Å²) in [5.41, 5.74) is 0.515. The number of carboxylic acids is 1. The van der Waals surface area contributed by atoms with Gasteiger partial charge in [0, 0.05) is 24.4 Å². The summed E-state index contributed by atoms with van der Waals surface area (Å²) in [6.07, 6.45) is 0.202. The first kappa shape index (κ1) is 14.4. The summed E-state index contributed by atoms with van der Waals surface area (Å²) in [6, 6.07) is 5.60. The van der Waals surface area contributed by atoms with E-state index in [-0.39, 0.29) is 12.0 Å². The van der Waals surface area contributed by atoms with Crippen LogP contribution in [0.4, 0.5) is 14.5 Å². The number of anilines is 1. The van der Waals surface area contributed by atoms with Crippen LogP contribution in [0.15, 0.2) is 24.3 Å². The number of carbonyl (C=O) groups is 2. The number of halogens is 2. The van der Waals surface area contributed by atoms with Gasteiger partial charge >= 0.3 is 5.97 Å². The number of alkyl halides is 2. The second kappa shape index (κ2) is 5.56. The van der Waals surface area contributed by atoms with Gasteiger partial charge in [-0.2, -0.15) is 0 Å². The van der Waals surface area contributed by atoms with Crippen LogP contribution >= 0.6 is 0 Å². The van der Waals surface area contributed by atoms with Crippen LogP contribution in [0, 0.1) is 5.92 Å². The van der Waals surface area contributed by atoms with E-state index >= 15 is 0 Å². The first-order chi connectivity index (χ1) is 9.37. The summed E-state index contributed by atoms with van der Waals surface area (Å²) in [7, 11) is 0. The second-order valence-electron chi connectivity index (χ2n) is 5.02. The highest BCUT2D eigenvalue weighted by atomic mass is 19.3. The van der Waals surface area contributed by atoms with Crippen molar-refractivity contribution in [3.05, 3.63) is 29.8 Å². The van der Waals surface area contributed by atoms with Gasteiger partial charge in [0.1, 0.15) is 0 Å². The van der Waals surface area contributed by atoms with Gasteiger partial charge in [-0.15, -0.1) is 0 Å². The summed E-state index contributed by atoms with van der Waals surface area (Å²) in [5.74, 6) is -4.96. The van der Waals surface area contributed by atoms with E-state index in [0.717, 1.165) is 0 Å². The van der Waals surface area contributed by atoms with Crippen molar-refractivity contribution in [3.63, 3.8) is 0 Å². The molecule has 4 nitrogen and oxygen atoms in total. The van der Waals surface area contributed by atoms with Crippen LogP contribution in [0.1, 0.15) is 36.0 Å². The van der Waals surface area contributed by atoms with Crippen LogP contribution in [0.2, 0.25) is 0 Å². The largest absolute Gasteiger partial charge is 0.478 e. The molecule has 1 aliphatic rings. The number of hydrogen-bond donors (Lipinski definition) is 2. The van der Waals surface area contributed by atoms with E-state index in [2.05, 4.69) is 5.32 Å². The quantitative estimate of drug-likeness (QED) is 0.895. The average molecular weight is 283 g/mol. The van der Waals surface area contributed by atoms with Gasteiger partial charge in [-0.3, -0.25) is 4.79 Å². The zero-order chi connectivity index (χ0) is 14.8. The molecule has 20 heavy (non-hydrogen) atoms. The molecule has 0 bridgehead atoms. The van der Waals surface area contributed by atoms with Crippen LogP contribution in [-0.4, -0.2) is 22.9 Å². The zero-order valence-corrected chi connectivity index (χ0v) is 10.7. The van der Waals surface area contributed by atoms with Crippen molar-refractivity contribution in [2.24, 2.45) is 5.92 Å². The van der Waals surface area contributed by atoms with Gasteiger partial charge < -0.3 is 10.4 Å². The van der Waals surface area contributed by atoms with E-state index in [0.29, 0.717) is 18.5 Å². The molecule has 6 heteroatoms. The summed E-state index contributed by atoms with van der Waals surface area (Å²) >= 11 is 0. The van der Waals surface area contributed by atoms with Crippen molar-refractivity contribution < 1.29 is 23.5 Å². The van der Waals surface area contributed by atoms with Gasteiger partial charge in [-0.1, -0.05) is 0 Å². The molecule has 0 aromatic heterocycles. The van der Waals surface area contributed by atoms with Crippen molar-refractivity contribution >= 4 is 17.6 Å². The molecule has 0 saturated heterocycles. The first-order valence-corrected chi connectivity index (χ1v) is 6.39. The third-order valence-corrected chi connectivity index (χ3v) is 3.41. The fourth-order valence-corrected chi connectivity index (χ4v) is 2.34. The lowest BCUT2D eigenvalue weighted by molar-refractivity contribution is -0.127. The maximum Gasteiger partial charge on any atom is 0.335 e. The number of benzene rings is 1. The molecule has 1 aliphatic carbocycles. The van der Waals surface area contributed by atoms with Crippen LogP contribution in [0.3, 0.4) is 0 Å². The minimum atomic E-state index is -2.77. The molecule has 0 aliphatic heterocycles. The van der Waals surface area contributed by atoms with Crippen molar-refractivity contribution in [3.8, 4) is 0 Å². The number of amides is 1. The van der Waals surface area contributed by atoms with E-state index in [1.54, 1.807) is 0 Å². The molecule has 0 radical (unpaired) electrons. The van der Waals surface area contributed by atoms with Crippen LogP contribution in [0.5, 0.6) is 0 Å². The third kappa shape index (κ3) is 3.53. The Hall–Kier alpha value is -1.98.